The Morgan fingerprint density at radius 3 is 0.785 bits per heavy atom. The van der Waals surface area contributed by atoms with Crippen molar-refractivity contribution in [2.45, 2.75) is 374 Å². The van der Waals surface area contributed by atoms with Gasteiger partial charge in [0.25, 0.3) is 0 Å². The van der Waals surface area contributed by atoms with Crippen LogP contribution >= 0.6 is 0 Å². The van der Waals surface area contributed by atoms with E-state index in [9.17, 15) is 14.4 Å². The highest BCUT2D eigenvalue weighted by atomic mass is 16.6. The lowest BCUT2D eigenvalue weighted by atomic mass is 10.0. The van der Waals surface area contributed by atoms with Crippen LogP contribution in [0.4, 0.5) is 0 Å². The number of carbonyl (C=O) groups excluding carboxylic acids is 3. The molecule has 0 saturated heterocycles. The monoisotopic (exact) mass is 1110 g/mol. The summed E-state index contributed by atoms with van der Waals surface area (Å²) in [5.74, 6) is -0.863. The Balaban J connectivity index is 4.02. The number of hydrogen-bond acceptors (Lipinski definition) is 6. The van der Waals surface area contributed by atoms with E-state index in [1.165, 1.54) is 244 Å². The zero-order chi connectivity index (χ0) is 57.1. The Kier molecular flexibility index (Phi) is 65.1. The van der Waals surface area contributed by atoms with Gasteiger partial charge in [0.15, 0.2) is 6.10 Å². The molecular formula is C73H132O6. The number of esters is 3. The molecule has 79 heavy (non-hydrogen) atoms. The molecular weight excluding hydrogens is 973 g/mol. The Labute approximate surface area is 491 Å². The Morgan fingerprint density at radius 2 is 0.494 bits per heavy atom. The second-order valence-electron chi connectivity index (χ2n) is 23.4. The van der Waals surface area contributed by atoms with Crippen molar-refractivity contribution in [1.82, 2.24) is 0 Å². The average Bonchev–Trinajstić information content (AvgIpc) is 3.45. The molecule has 0 spiro atoms. The van der Waals surface area contributed by atoms with E-state index in [-0.39, 0.29) is 31.1 Å². The molecule has 0 amide bonds. The summed E-state index contributed by atoms with van der Waals surface area (Å²) in [5.41, 5.74) is 0. The van der Waals surface area contributed by atoms with Crippen LogP contribution in [-0.2, 0) is 28.6 Å². The molecule has 0 saturated carbocycles. The van der Waals surface area contributed by atoms with E-state index in [0.29, 0.717) is 19.3 Å². The molecule has 0 radical (unpaired) electrons. The first-order chi connectivity index (χ1) is 39.0. The van der Waals surface area contributed by atoms with Crippen LogP contribution in [0.5, 0.6) is 0 Å². The van der Waals surface area contributed by atoms with Crippen molar-refractivity contribution in [3.63, 3.8) is 0 Å². The summed E-state index contributed by atoms with van der Waals surface area (Å²) in [5, 5.41) is 0. The van der Waals surface area contributed by atoms with Gasteiger partial charge < -0.3 is 14.2 Å². The summed E-state index contributed by atoms with van der Waals surface area (Å²) < 4.78 is 16.9. The van der Waals surface area contributed by atoms with Crippen molar-refractivity contribution in [2.75, 3.05) is 13.2 Å². The Morgan fingerprint density at radius 1 is 0.266 bits per heavy atom. The van der Waals surface area contributed by atoms with Crippen LogP contribution < -0.4 is 0 Å². The molecule has 0 aromatic carbocycles. The van der Waals surface area contributed by atoms with Crippen molar-refractivity contribution in [3.05, 3.63) is 60.8 Å². The molecule has 0 aliphatic carbocycles. The van der Waals surface area contributed by atoms with E-state index >= 15 is 0 Å². The third-order valence-electron chi connectivity index (χ3n) is 15.5. The van der Waals surface area contributed by atoms with Gasteiger partial charge in [-0.1, -0.05) is 326 Å². The molecule has 0 aromatic rings. The van der Waals surface area contributed by atoms with E-state index in [1.54, 1.807) is 0 Å². The zero-order valence-electron chi connectivity index (χ0n) is 52.9. The van der Waals surface area contributed by atoms with Gasteiger partial charge in [0.05, 0.1) is 0 Å². The maximum atomic E-state index is 12.9. The lowest BCUT2D eigenvalue weighted by Gasteiger charge is -2.18. The summed E-state index contributed by atoms with van der Waals surface area (Å²) in [6, 6.07) is 0. The zero-order valence-corrected chi connectivity index (χ0v) is 52.9. The van der Waals surface area contributed by atoms with Gasteiger partial charge in [0.2, 0.25) is 0 Å². The number of ether oxygens (including phenoxy) is 3. The SMILES string of the molecule is CC/C=C\C/C=C\C/C=C\C/C=C\CCCCCCCCCCCCC(=O)OC(COC(=O)CCCCCCCCC)COC(=O)CCCCCCCCCCCCCCCCCCCCC/C=C\CCCCCCCCCC. The van der Waals surface area contributed by atoms with Gasteiger partial charge >= 0.3 is 17.9 Å². The van der Waals surface area contributed by atoms with Crippen LogP contribution in [0.2, 0.25) is 0 Å². The lowest BCUT2D eigenvalue weighted by molar-refractivity contribution is -0.167. The molecule has 6 nitrogen and oxygen atoms in total. The molecule has 460 valence electrons. The van der Waals surface area contributed by atoms with Crippen LogP contribution in [0.15, 0.2) is 60.8 Å². The molecule has 0 aliphatic heterocycles. The third-order valence-corrected chi connectivity index (χ3v) is 15.5. The highest BCUT2D eigenvalue weighted by Gasteiger charge is 2.19. The lowest BCUT2D eigenvalue weighted by Crippen LogP contribution is -2.30. The van der Waals surface area contributed by atoms with Gasteiger partial charge in [-0.25, -0.2) is 0 Å². The second-order valence-corrected chi connectivity index (χ2v) is 23.4. The number of rotatable bonds is 64. The maximum absolute atomic E-state index is 12.9. The van der Waals surface area contributed by atoms with Crippen molar-refractivity contribution < 1.29 is 28.6 Å². The van der Waals surface area contributed by atoms with Crippen LogP contribution in [0, 0.1) is 0 Å². The summed E-state index contributed by atoms with van der Waals surface area (Å²) >= 11 is 0. The molecule has 0 aliphatic rings. The normalized spacial score (nSPS) is 12.4. The maximum Gasteiger partial charge on any atom is 0.306 e. The van der Waals surface area contributed by atoms with Crippen LogP contribution in [0.25, 0.3) is 0 Å². The molecule has 0 bridgehead atoms. The second kappa shape index (κ2) is 67.6. The standard InChI is InChI=1S/C73H132O6/c1-4-7-10-13-16-18-20-22-24-26-28-30-32-33-34-35-36-37-38-39-41-42-44-46-48-50-52-54-57-60-63-66-72(75)78-69-70(68-77-71(74)65-62-59-56-15-12-9-6-3)79-73(76)67-64-61-58-55-53-51-49-47-45-43-40-31-29-27-25-23-21-19-17-14-11-8-5-2/h8,11,17,19,23,25-26,28-29,31,70H,4-7,9-10,12-16,18,20-22,24,27,30,32-69H2,1-3H3/b11-8-,19-17-,25-23-,28-26-,31-29-. The first kappa shape index (κ1) is 76.1. The summed E-state index contributed by atoms with van der Waals surface area (Å²) in [4.78, 5) is 38.2. The summed E-state index contributed by atoms with van der Waals surface area (Å²) in [6.07, 6.45) is 87.1. The Bertz CT molecular complexity index is 1410. The predicted molar refractivity (Wildman–Crippen MR) is 344 cm³/mol. The quantitative estimate of drug-likeness (QED) is 0.0261. The van der Waals surface area contributed by atoms with Crippen LogP contribution in [0.1, 0.15) is 367 Å². The van der Waals surface area contributed by atoms with Gasteiger partial charge in [0, 0.05) is 19.3 Å². The summed E-state index contributed by atoms with van der Waals surface area (Å²) in [6.45, 7) is 6.53. The molecule has 0 N–H and O–H groups in total. The highest BCUT2D eigenvalue weighted by molar-refractivity contribution is 5.71. The Hall–Kier alpha value is -2.89. The fourth-order valence-electron chi connectivity index (χ4n) is 10.3. The molecule has 1 atom stereocenters. The van der Waals surface area contributed by atoms with Crippen molar-refractivity contribution in [3.8, 4) is 0 Å². The van der Waals surface area contributed by atoms with E-state index < -0.39 is 6.10 Å². The molecule has 0 heterocycles. The van der Waals surface area contributed by atoms with Crippen LogP contribution in [-0.4, -0.2) is 37.2 Å². The predicted octanol–water partition coefficient (Wildman–Crippen LogP) is 23.9. The minimum absolute atomic E-state index is 0.0717. The average molecular weight is 1110 g/mol. The van der Waals surface area contributed by atoms with E-state index in [2.05, 4.69) is 81.5 Å². The van der Waals surface area contributed by atoms with E-state index in [4.69, 9.17) is 14.2 Å². The molecule has 6 heteroatoms. The smallest absolute Gasteiger partial charge is 0.306 e. The fourth-order valence-corrected chi connectivity index (χ4v) is 10.3. The number of allylic oxidation sites excluding steroid dienone is 10. The third kappa shape index (κ3) is 65.8. The molecule has 0 rings (SSSR count). The fraction of sp³-hybridized carbons (Fsp3) is 0.822. The van der Waals surface area contributed by atoms with Crippen molar-refractivity contribution in [2.24, 2.45) is 0 Å². The topological polar surface area (TPSA) is 78.9 Å². The molecule has 0 aromatic heterocycles. The van der Waals surface area contributed by atoms with Gasteiger partial charge in [-0.2, -0.15) is 0 Å². The minimum Gasteiger partial charge on any atom is -0.462 e. The highest BCUT2D eigenvalue weighted by Crippen LogP contribution is 2.18. The van der Waals surface area contributed by atoms with Gasteiger partial charge in [-0.15, -0.1) is 0 Å². The van der Waals surface area contributed by atoms with E-state index in [0.717, 1.165) is 83.5 Å². The number of hydrogen-bond donors (Lipinski definition) is 0. The van der Waals surface area contributed by atoms with Gasteiger partial charge in [-0.3, -0.25) is 14.4 Å². The first-order valence-electron chi connectivity index (χ1n) is 34.8. The van der Waals surface area contributed by atoms with E-state index in [1.807, 2.05) is 0 Å². The largest absolute Gasteiger partial charge is 0.462 e. The molecule has 1 unspecified atom stereocenters. The summed E-state index contributed by atoms with van der Waals surface area (Å²) in [7, 11) is 0. The first-order valence-corrected chi connectivity index (χ1v) is 34.8. The molecule has 0 fully saturated rings. The minimum atomic E-state index is -0.773. The number of carbonyl (C=O) groups is 3. The van der Waals surface area contributed by atoms with Gasteiger partial charge in [0.1, 0.15) is 13.2 Å². The van der Waals surface area contributed by atoms with Crippen LogP contribution in [0.3, 0.4) is 0 Å². The van der Waals surface area contributed by atoms with Gasteiger partial charge in [-0.05, 0) is 83.5 Å². The van der Waals surface area contributed by atoms with Crippen molar-refractivity contribution in [1.29, 1.82) is 0 Å². The number of unbranched alkanes of at least 4 members (excludes halogenated alkanes) is 43. The van der Waals surface area contributed by atoms with Crippen molar-refractivity contribution >= 4 is 17.9 Å².